The minimum absolute atomic E-state index is 0.0358. The van der Waals surface area contributed by atoms with Crippen LogP contribution in [0.5, 0.6) is 0 Å². The van der Waals surface area contributed by atoms with E-state index < -0.39 is 28.1 Å². The van der Waals surface area contributed by atoms with Gasteiger partial charge in [-0.3, -0.25) is 0 Å². The van der Waals surface area contributed by atoms with Crippen molar-refractivity contribution in [1.29, 1.82) is 0 Å². The fraction of sp³-hybridized carbons (Fsp3) is 0.0968. The summed E-state index contributed by atoms with van der Waals surface area (Å²) in [4.78, 5) is -0.107. The third kappa shape index (κ3) is 4.14. The lowest BCUT2D eigenvalue weighted by molar-refractivity contribution is 0.585. The summed E-state index contributed by atoms with van der Waals surface area (Å²) in [5, 5.41) is 2.98. The highest BCUT2D eigenvalue weighted by Gasteiger charge is 2.43. The summed E-state index contributed by atoms with van der Waals surface area (Å²) in [5.74, 6) is 3.13. The SMILES string of the molecule is C[Si](C)(C)C#Cc1ccc(N2S(=O)(=O)c3ccc4ccccc4c3-c3c(ccc4ccccc34)S2(=O)=O)cc1. The first-order chi connectivity index (χ1) is 18.5. The molecule has 8 heteroatoms. The van der Waals surface area contributed by atoms with Crippen LogP contribution in [-0.2, 0) is 20.0 Å². The average molecular weight is 568 g/mol. The highest BCUT2D eigenvalue weighted by molar-refractivity contribution is 8.10. The van der Waals surface area contributed by atoms with Gasteiger partial charge in [-0.15, -0.1) is 5.54 Å². The van der Waals surface area contributed by atoms with E-state index in [0.717, 1.165) is 10.8 Å². The highest BCUT2D eigenvalue weighted by atomic mass is 32.3. The smallest absolute Gasteiger partial charge is 0.200 e. The number of hydrogen-bond acceptors (Lipinski definition) is 4. The normalized spacial score (nSPS) is 15.6. The minimum Gasteiger partial charge on any atom is -0.200 e. The van der Waals surface area contributed by atoms with Crippen molar-refractivity contribution < 1.29 is 16.8 Å². The Kier molecular flexibility index (Phi) is 5.74. The Labute approximate surface area is 229 Å². The van der Waals surface area contributed by atoms with Crippen LogP contribution in [0.1, 0.15) is 5.56 Å². The Hall–Kier alpha value is -3.90. The Bertz CT molecular complexity index is 1970. The lowest BCUT2D eigenvalue weighted by atomic mass is 9.94. The van der Waals surface area contributed by atoms with Crippen molar-refractivity contribution in [2.75, 3.05) is 3.71 Å². The van der Waals surface area contributed by atoms with E-state index in [1.165, 1.54) is 24.3 Å². The van der Waals surface area contributed by atoms with E-state index in [9.17, 15) is 16.8 Å². The van der Waals surface area contributed by atoms with Crippen LogP contribution in [0, 0.1) is 11.5 Å². The third-order valence-corrected chi connectivity index (χ3v) is 11.8. The second kappa shape index (κ2) is 8.81. The summed E-state index contributed by atoms with van der Waals surface area (Å²) >= 11 is 0. The van der Waals surface area contributed by atoms with Gasteiger partial charge >= 0.3 is 0 Å². The fourth-order valence-electron chi connectivity index (χ4n) is 4.96. The van der Waals surface area contributed by atoms with E-state index >= 15 is 0 Å². The van der Waals surface area contributed by atoms with E-state index in [-0.39, 0.29) is 15.5 Å². The van der Waals surface area contributed by atoms with Gasteiger partial charge in [-0.2, -0.15) is 20.5 Å². The molecule has 1 aliphatic rings. The van der Waals surface area contributed by atoms with Crippen molar-refractivity contribution >= 4 is 55.4 Å². The van der Waals surface area contributed by atoms with E-state index in [4.69, 9.17) is 0 Å². The van der Waals surface area contributed by atoms with Crippen molar-refractivity contribution in [2.45, 2.75) is 29.4 Å². The Balaban J connectivity index is 1.71. The second-order valence-corrected chi connectivity index (χ2v) is 19.1. The molecule has 0 amide bonds. The van der Waals surface area contributed by atoms with E-state index in [1.54, 1.807) is 24.3 Å². The molecule has 0 atom stereocenters. The maximum absolute atomic E-state index is 14.4. The molecule has 0 radical (unpaired) electrons. The molecule has 0 saturated carbocycles. The van der Waals surface area contributed by atoms with Gasteiger partial charge in [-0.25, -0.2) is 0 Å². The summed E-state index contributed by atoms with van der Waals surface area (Å²) in [7, 11) is -10.7. The zero-order valence-electron chi connectivity index (χ0n) is 21.6. The molecule has 1 aliphatic heterocycles. The van der Waals surface area contributed by atoms with E-state index in [0.29, 0.717) is 31.2 Å². The molecule has 6 rings (SSSR count). The number of benzene rings is 5. The van der Waals surface area contributed by atoms with Gasteiger partial charge in [0.2, 0.25) is 0 Å². The number of fused-ring (bicyclic) bond motifs is 7. The molecule has 0 N–H and O–H groups in total. The molecule has 0 spiro atoms. The van der Waals surface area contributed by atoms with Gasteiger partial charge in [0.05, 0.1) is 15.5 Å². The number of anilines is 1. The zero-order valence-corrected chi connectivity index (χ0v) is 24.3. The summed E-state index contributed by atoms with van der Waals surface area (Å²) in [6, 6.07) is 27.7. The summed E-state index contributed by atoms with van der Waals surface area (Å²) in [5.41, 5.74) is 4.80. The van der Waals surface area contributed by atoms with Gasteiger partial charge in [0.1, 0.15) is 8.07 Å². The number of nitrogens with zero attached hydrogens (tertiary/aromatic N) is 1. The molecule has 0 bridgehead atoms. The predicted octanol–water partition coefficient (Wildman–Crippen LogP) is 6.79. The predicted molar refractivity (Wildman–Crippen MR) is 160 cm³/mol. The largest absolute Gasteiger partial charge is 0.278 e. The van der Waals surface area contributed by atoms with Crippen LogP contribution in [0.2, 0.25) is 19.6 Å². The lowest BCUT2D eigenvalue weighted by Gasteiger charge is -2.22. The lowest BCUT2D eigenvalue weighted by Crippen LogP contribution is -2.36. The zero-order chi connectivity index (χ0) is 27.6. The average Bonchev–Trinajstić information content (AvgIpc) is 2.96. The molecule has 0 aliphatic carbocycles. The molecule has 0 saturated heterocycles. The van der Waals surface area contributed by atoms with Crippen molar-refractivity contribution in [3.05, 3.63) is 103 Å². The van der Waals surface area contributed by atoms with Crippen LogP contribution < -0.4 is 3.71 Å². The Morgan fingerprint density at radius 3 is 1.51 bits per heavy atom. The quantitative estimate of drug-likeness (QED) is 0.165. The van der Waals surface area contributed by atoms with Crippen LogP contribution in [0.15, 0.2) is 107 Å². The van der Waals surface area contributed by atoms with Gasteiger partial charge in [0, 0.05) is 16.7 Å². The third-order valence-electron chi connectivity index (χ3n) is 6.68. The van der Waals surface area contributed by atoms with Gasteiger partial charge in [-0.1, -0.05) is 86.2 Å². The minimum atomic E-state index is -4.54. The van der Waals surface area contributed by atoms with Crippen LogP contribution >= 0.6 is 0 Å². The van der Waals surface area contributed by atoms with Gasteiger partial charge < -0.3 is 0 Å². The monoisotopic (exact) mass is 567 g/mol. The highest BCUT2D eigenvalue weighted by Crippen LogP contribution is 2.48. The molecular formula is C31H25NO4S2Si. The van der Waals surface area contributed by atoms with Crippen LogP contribution in [0.3, 0.4) is 0 Å². The fourth-order valence-corrected chi connectivity index (χ4v) is 9.57. The first-order valence-electron chi connectivity index (χ1n) is 12.5. The van der Waals surface area contributed by atoms with Crippen molar-refractivity contribution in [1.82, 2.24) is 0 Å². The molecule has 5 aromatic rings. The molecule has 1 heterocycles. The van der Waals surface area contributed by atoms with Crippen molar-refractivity contribution in [2.24, 2.45) is 0 Å². The molecule has 0 aromatic heterocycles. The standard InChI is InChI=1S/C31H25NO4S2Si/c1-39(2,3)21-20-22-12-16-25(17-13-22)32-37(33,34)28-18-14-23-8-4-6-10-26(23)30(28)31-27-11-7-5-9-24(27)15-19-29(31)38(32,35)36/h4-19H,1-3H3. The first-order valence-corrected chi connectivity index (χ1v) is 18.8. The summed E-state index contributed by atoms with van der Waals surface area (Å²) in [6.45, 7) is 6.40. The molecule has 5 aromatic carbocycles. The van der Waals surface area contributed by atoms with Gasteiger partial charge in [0.15, 0.2) is 0 Å². The Morgan fingerprint density at radius 2 is 1.05 bits per heavy atom. The maximum atomic E-state index is 14.4. The molecule has 194 valence electrons. The van der Waals surface area contributed by atoms with E-state index in [1.807, 2.05) is 48.5 Å². The van der Waals surface area contributed by atoms with Gasteiger partial charge in [-0.05, 0) is 57.9 Å². The summed E-state index contributed by atoms with van der Waals surface area (Å²) < 4.78 is 58.0. The molecule has 39 heavy (non-hydrogen) atoms. The number of sulfonamides is 2. The van der Waals surface area contributed by atoms with Crippen LogP contribution in [0.4, 0.5) is 5.69 Å². The number of hydrogen-bond donors (Lipinski definition) is 0. The Morgan fingerprint density at radius 1 is 0.590 bits per heavy atom. The van der Waals surface area contributed by atoms with E-state index in [2.05, 4.69) is 31.1 Å². The second-order valence-electron chi connectivity index (χ2n) is 10.6. The molecule has 5 nitrogen and oxygen atoms in total. The topological polar surface area (TPSA) is 71.5 Å². The van der Waals surface area contributed by atoms with Crippen LogP contribution in [-0.4, -0.2) is 24.9 Å². The molecule has 0 fully saturated rings. The summed E-state index contributed by atoms with van der Waals surface area (Å²) in [6.07, 6.45) is 0. The maximum Gasteiger partial charge on any atom is 0.278 e. The number of rotatable bonds is 1. The molecular weight excluding hydrogens is 543 g/mol. The van der Waals surface area contributed by atoms with Crippen molar-refractivity contribution in [3.8, 4) is 22.6 Å². The van der Waals surface area contributed by atoms with Crippen molar-refractivity contribution in [3.63, 3.8) is 0 Å². The molecule has 0 unspecified atom stereocenters. The van der Waals surface area contributed by atoms with Crippen LogP contribution in [0.25, 0.3) is 32.7 Å². The first kappa shape index (κ1) is 25.4. The van der Waals surface area contributed by atoms with Gasteiger partial charge in [0.25, 0.3) is 20.0 Å².